The van der Waals surface area contributed by atoms with Crippen molar-refractivity contribution in [2.24, 2.45) is 0 Å². The summed E-state index contributed by atoms with van der Waals surface area (Å²) in [5.41, 5.74) is -1.80. The van der Waals surface area contributed by atoms with Crippen LogP contribution in [0.25, 0.3) is 0 Å². The number of carbonyl (C=O) groups is 1. The molecule has 0 unspecified atom stereocenters. The van der Waals surface area contributed by atoms with Crippen LogP contribution in [-0.4, -0.2) is 17.6 Å². The molecule has 16 heavy (non-hydrogen) atoms. The lowest BCUT2D eigenvalue weighted by atomic mass is 10.1. The number of rotatable bonds is 3. The second-order valence-electron chi connectivity index (χ2n) is 3.13. The molecule has 88 valence electrons. The third-order valence-electron chi connectivity index (χ3n) is 1.89. The number of halogens is 2. The van der Waals surface area contributed by atoms with E-state index in [2.05, 4.69) is 9.72 Å². The van der Waals surface area contributed by atoms with E-state index in [-0.39, 0.29) is 12.3 Å². The Bertz CT molecular complexity index is 454. The molecular weight excluding hydrogens is 220 g/mol. The van der Waals surface area contributed by atoms with E-state index in [0.29, 0.717) is 0 Å². The van der Waals surface area contributed by atoms with Crippen LogP contribution in [0.3, 0.4) is 0 Å². The molecule has 1 aromatic heterocycles. The third-order valence-corrected chi connectivity index (χ3v) is 1.89. The van der Waals surface area contributed by atoms with Crippen LogP contribution < -0.4 is 5.43 Å². The number of alkyl halides is 2. The largest absolute Gasteiger partial charge is 0.462 e. The Kier molecular flexibility index (Phi) is 3.76. The maximum absolute atomic E-state index is 12.6. The Morgan fingerprint density at radius 3 is 2.69 bits per heavy atom. The summed E-state index contributed by atoms with van der Waals surface area (Å²) in [4.78, 5) is 25.1. The normalized spacial score (nSPS) is 10.6. The van der Waals surface area contributed by atoms with Gasteiger partial charge in [0, 0.05) is 11.8 Å². The Morgan fingerprint density at radius 2 is 2.19 bits per heavy atom. The van der Waals surface area contributed by atoms with Gasteiger partial charge in [-0.25, -0.2) is 13.6 Å². The summed E-state index contributed by atoms with van der Waals surface area (Å²) in [7, 11) is 0. The number of hydrogen-bond donors (Lipinski definition) is 1. The van der Waals surface area contributed by atoms with Gasteiger partial charge in [-0.1, -0.05) is 0 Å². The first kappa shape index (κ1) is 12.4. The van der Waals surface area contributed by atoms with E-state index in [4.69, 9.17) is 0 Å². The van der Waals surface area contributed by atoms with Crippen molar-refractivity contribution in [2.75, 3.05) is 6.61 Å². The number of aromatic amines is 1. The molecule has 0 amide bonds. The molecular formula is C10H11F2NO3. The second kappa shape index (κ2) is 4.87. The average molecular weight is 231 g/mol. The van der Waals surface area contributed by atoms with E-state index in [0.717, 1.165) is 6.07 Å². The van der Waals surface area contributed by atoms with Gasteiger partial charge < -0.3 is 9.72 Å². The van der Waals surface area contributed by atoms with Crippen molar-refractivity contribution in [3.8, 4) is 0 Å². The highest BCUT2D eigenvalue weighted by molar-refractivity contribution is 5.90. The van der Waals surface area contributed by atoms with Gasteiger partial charge >= 0.3 is 5.97 Å². The predicted octanol–water partition coefficient (Wildman–Crippen LogP) is 1.80. The highest BCUT2D eigenvalue weighted by atomic mass is 19.3. The number of ether oxygens (including phenoxy) is 1. The summed E-state index contributed by atoms with van der Waals surface area (Å²) in [6.07, 6.45) is -2.92. The zero-order valence-corrected chi connectivity index (χ0v) is 8.84. The third kappa shape index (κ3) is 2.44. The number of aromatic nitrogens is 1. The fourth-order valence-electron chi connectivity index (χ4n) is 1.29. The van der Waals surface area contributed by atoms with Gasteiger partial charge in [-0.2, -0.15) is 0 Å². The Labute approximate surface area is 90.2 Å². The Balaban J connectivity index is 3.35. The number of nitrogens with one attached hydrogen (secondary N) is 1. The molecule has 1 heterocycles. The minimum atomic E-state index is -2.92. The Morgan fingerprint density at radius 1 is 1.56 bits per heavy atom. The van der Waals surface area contributed by atoms with E-state index >= 15 is 0 Å². The topological polar surface area (TPSA) is 59.2 Å². The average Bonchev–Trinajstić information content (AvgIpc) is 2.16. The van der Waals surface area contributed by atoms with E-state index in [1.54, 1.807) is 0 Å². The minimum absolute atomic E-state index is 0.0226. The molecule has 1 aromatic rings. The maximum atomic E-state index is 12.6. The van der Waals surface area contributed by atoms with E-state index in [1.807, 2.05) is 0 Å². The smallest absolute Gasteiger partial charge is 0.344 e. The summed E-state index contributed by atoms with van der Waals surface area (Å²) >= 11 is 0. The van der Waals surface area contributed by atoms with Crippen LogP contribution in [0.5, 0.6) is 0 Å². The lowest BCUT2D eigenvalue weighted by molar-refractivity contribution is 0.0511. The van der Waals surface area contributed by atoms with Crippen LogP contribution in [0.2, 0.25) is 0 Å². The maximum Gasteiger partial charge on any atom is 0.344 e. The van der Waals surface area contributed by atoms with E-state index in [1.165, 1.54) is 13.8 Å². The van der Waals surface area contributed by atoms with Crippen molar-refractivity contribution >= 4 is 5.97 Å². The standard InChI is InChI=1S/C10H11F2NO3/c1-3-16-10(15)7-6(14)4-5(2)13-8(7)9(11)12/h4,9H,3H2,1-2H3,(H,13,14). The van der Waals surface area contributed by atoms with Gasteiger partial charge in [-0.05, 0) is 13.8 Å². The number of aryl methyl sites for hydroxylation is 1. The zero-order chi connectivity index (χ0) is 12.3. The molecule has 0 aromatic carbocycles. The molecule has 0 atom stereocenters. The molecule has 1 rings (SSSR count). The van der Waals surface area contributed by atoms with E-state index < -0.39 is 29.1 Å². The van der Waals surface area contributed by atoms with Gasteiger partial charge in [0.15, 0.2) is 5.43 Å². The molecule has 0 radical (unpaired) electrons. The van der Waals surface area contributed by atoms with Crippen LogP contribution in [0, 0.1) is 6.92 Å². The van der Waals surface area contributed by atoms with E-state index in [9.17, 15) is 18.4 Å². The van der Waals surface area contributed by atoms with Crippen LogP contribution in [0.4, 0.5) is 8.78 Å². The van der Waals surface area contributed by atoms with Crippen LogP contribution in [-0.2, 0) is 4.74 Å². The van der Waals surface area contributed by atoms with Crippen LogP contribution in [0.15, 0.2) is 10.9 Å². The fraction of sp³-hybridized carbons (Fsp3) is 0.400. The molecule has 0 aliphatic rings. The number of carbonyl (C=O) groups excluding carboxylic acids is 1. The van der Waals surface area contributed by atoms with Crippen molar-refractivity contribution in [2.45, 2.75) is 20.3 Å². The molecule has 0 fully saturated rings. The summed E-state index contributed by atoms with van der Waals surface area (Å²) in [6, 6.07) is 1.08. The first-order chi connectivity index (χ1) is 7.47. The lowest BCUT2D eigenvalue weighted by Crippen LogP contribution is -2.22. The summed E-state index contributed by atoms with van der Waals surface area (Å²) < 4.78 is 29.8. The monoisotopic (exact) mass is 231 g/mol. The van der Waals surface area contributed by atoms with Crippen LogP contribution in [0.1, 0.15) is 35.1 Å². The Hall–Kier alpha value is -1.72. The quantitative estimate of drug-likeness (QED) is 0.807. The van der Waals surface area contributed by atoms with Gasteiger partial charge in [-0.3, -0.25) is 4.79 Å². The van der Waals surface area contributed by atoms with Crippen molar-refractivity contribution in [3.05, 3.63) is 33.2 Å². The molecule has 4 nitrogen and oxygen atoms in total. The summed E-state index contributed by atoms with van der Waals surface area (Å²) in [5.74, 6) is -1.03. The lowest BCUT2D eigenvalue weighted by Gasteiger charge is -2.08. The molecule has 0 aliphatic heterocycles. The highest BCUT2D eigenvalue weighted by Crippen LogP contribution is 2.19. The van der Waals surface area contributed by atoms with Crippen molar-refractivity contribution in [1.29, 1.82) is 0 Å². The van der Waals surface area contributed by atoms with Crippen LogP contribution >= 0.6 is 0 Å². The first-order valence-corrected chi connectivity index (χ1v) is 4.66. The number of esters is 1. The van der Waals surface area contributed by atoms with Crippen molar-refractivity contribution in [1.82, 2.24) is 4.98 Å². The van der Waals surface area contributed by atoms with Gasteiger partial charge in [0.25, 0.3) is 6.43 Å². The first-order valence-electron chi connectivity index (χ1n) is 4.66. The molecule has 0 saturated heterocycles. The molecule has 0 spiro atoms. The van der Waals surface area contributed by atoms with Gasteiger partial charge in [0.2, 0.25) is 0 Å². The van der Waals surface area contributed by atoms with Crippen molar-refractivity contribution < 1.29 is 18.3 Å². The second-order valence-corrected chi connectivity index (χ2v) is 3.13. The van der Waals surface area contributed by atoms with Crippen molar-refractivity contribution in [3.63, 3.8) is 0 Å². The molecule has 6 heteroatoms. The predicted molar refractivity (Wildman–Crippen MR) is 52.7 cm³/mol. The molecule has 1 N–H and O–H groups in total. The molecule has 0 aliphatic carbocycles. The van der Waals surface area contributed by atoms with Gasteiger partial charge in [0.05, 0.1) is 6.61 Å². The van der Waals surface area contributed by atoms with Gasteiger partial charge in [-0.15, -0.1) is 0 Å². The molecule has 0 bridgehead atoms. The molecule has 0 saturated carbocycles. The van der Waals surface area contributed by atoms with Gasteiger partial charge in [0.1, 0.15) is 11.3 Å². The zero-order valence-electron chi connectivity index (χ0n) is 8.84. The minimum Gasteiger partial charge on any atom is -0.462 e. The fourth-order valence-corrected chi connectivity index (χ4v) is 1.29. The SMILES string of the molecule is CCOC(=O)c1c(C(F)F)[nH]c(C)cc1=O. The summed E-state index contributed by atoms with van der Waals surface area (Å²) in [5, 5.41) is 0. The number of hydrogen-bond acceptors (Lipinski definition) is 3. The number of pyridine rings is 1. The summed E-state index contributed by atoms with van der Waals surface area (Å²) in [6.45, 7) is 3.01. The number of H-pyrrole nitrogens is 1. The highest BCUT2D eigenvalue weighted by Gasteiger charge is 2.23.